The molecule has 0 amide bonds. The molecule has 0 aliphatic heterocycles. The van der Waals surface area contributed by atoms with Crippen LogP contribution in [0.15, 0.2) is 6.20 Å². The van der Waals surface area contributed by atoms with Crippen LogP contribution in [0.3, 0.4) is 0 Å². The predicted octanol–water partition coefficient (Wildman–Crippen LogP) is 1.47. The molecule has 8 heteroatoms. The average molecular weight is 270 g/mol. The molecule has 0 aliphatic rings. The van der Waals surface area contributed by atoms with Gasteiger partial charge in [-0.25, -0.2) is 4.79 Å². The molecular formula is C11H18N4O4. The first-order chi connectivity index (χ1) is 8.84. The van der Waals surface area contributed by atoms with E-state index in [1.807, 2.05) is 6.92 Å². The van der Waals surface area contributed by atoms with E-state index in [2.05, 4.69) is 10.4 Å². The van der Waals surface area contributed by atoms with E-state index in [1.165, 1.54) is 18.0 Å². The summed E-state index contributed by atoms with van der Waals surface area (Å²) in [6.07, 6.45) is 2.48. The van der Waals surface area contributed by atoms with Crippen molar-refractivity contribution in [3.8, 4) is 0 Å². The fourth-order valence-corrected chi connectivity index (χ4v) is 1.90. The minimum atomic E-state index is -1.04. The third kappa shape index (κ3) is 3.21. The van der Waals surface area contributed by atoms with Crippen LogP contribution in [0.2, 0.25) is 0 Å². The van der Waals surface area contributed by atoms with E-state index < -0.39 is 16.4 Å². The van der Waals surface area contributed by atoms with Crippen LogP contribution in [0, 0.1) is 10.1 Å². The van der Waals surface area contributed by atoms with Gasteiger partial charge in [0.1, 0.15) is 11.7 Å². The van der Waals surface area contributed by atoms with Gasteiger partial charge in [-0.15, -0.1) is 5.10 Å². The van der Waals surface area contributed by atoms with Crippen LogP contribution in [-0.2, 0) is 16.6 Å². The molecule has 0 fully saturated rings. The second-order valence-corrected chi connectivity index (χ2v) is 4.49. The molecule has 19 heavy (non-hydrogen) atoms. The Morgan fingerprint density at radius 2 is 2.32 bits per heavy atom. The number of nitro groups is 1. The predicted molar refractivity (Wildman–Crippen MR) is 68.8 cm³/mol. The number of methoxy groups -OCH3 is 1. The van der Waals surface area contributed by atoms with Gasteiger partial charge in [0, 0.05) is 7.05 Å². The lowest BCUT2D eigenvalue weighted by Crippen LogP contribution is -2.44. The van der Waals surface area contributed by atoms with Gasteiger partial charge in [0.2, 0.25) is 5.82 Å². The van der Waals surface area contributed by atoms with Gasteiger partial charge in [-0.2, -0.15) is 0 Å². The fourth-order valence-electron chi connectivity index (χ4n) is 1.90. The summed E-state index contributed by atoms with van der Waals surface area (Å²) >= 11 is 0. The molecule has 0 saturated heterocycles. The standard InChI is InChI=1S/C11H18N4O4/c1-5-6-11(2,10(16)19-4)12-9-8(15(17)18)7-14(3)13-9/h7H,5-6H2,1-4H3,(H,12,13). The first-order valence-electron chi connectivity index (χ1n) is 5.88. The summed E-state index contributed by atoms with van der Waals surface area (Å²) in [6.45, 7) is 3.55. The maximum absolute atomic E-state index is 11.8. The quantitative estimate of drug-likeness (QED) is 0.477. The van der Waals surface area contributed by atoms with Gasteiger partial charge < -0.3 is 10.1 Å². The summed E-state index contributed by atoms with van der Waals surface area (Å²) in [7, 11) is 2.86. The molecule has 1 rings (SSSR count). The Morgan fingerprint density at radius 3 is 2.79 bits per heavy atom. The third-order valence-corrected chi connectivity index (χ3v) is 2.79. The zero-order valence-electron chi connectivity index (χ0n) is 11.5. The number of ether oxygens (including phenoxy) is 1. The lowest BCUT2D eigenvalue weighted by molar-refractivity contribution is -0.384. The fraction of sp³-hybridized carbons (Fsp3) is 0.636. The van der Waals surface area contributed by atoms with Crippen LogP contribution >= 0.6 is 0 Å². The minimum absolute atomic E-state index is 0.0638. The molecule has 8 nitrogen and oxygen atoms in total. The van der Waals surface area contributed by atoms with Crippen molar-refractivity contribution in [3.63, 3.8) is 0 Å². The van der Waals surface area contributed by atoms with E-state index in [0.717, 1.165) is 6.42 Å². The first kappa shape index (κ1) is 14.9. The lowest BCUT2D eigenvalue weighted by Gasteiger charge is -2.27. The van der Waals surface area contributed by atoms with Crippen molar-refractivity contribution in [2.75, 3.05) is 12.4 Å². The van der Waals surface area contributed by atoms with Gasteiger partial charge in [0.25, 0.3) is 0 Å². The SMILES string of the molecule is CCCC(C)(Nc1nn(C)cc1[N+](=O)[O-])C(=O)OC. The highest BCUT2D eigenvalue weighted by atomic mass is 16.6. The number of carbonyl (C=O) groups is 1. The molecule has 0 radical (unpaired) electrons. The number of nitrogens with zero attached hydrogens (tertiary/aromatic N) is 3. The van der Waals surface area contributed by atoms with Crippen LogP contribution in [0.1, 0.15) is 26.7 Å². The number of nitrogens with one attached hydrogen (secondary N) is 1. The summed E-state index contributed by atoms with van der Waals surface area (Å²) < 4.78 is 6.06. The van der Waals surface area contributed by atoms with Gasteiger partial charge in [0.15, 0.2) is 0 Å². The molecule has 1 heterocycles. The topological polar surface area (TPSA) is 99.3 Å². The lowest BCUT2D eigenvalue weighted by atomic mass is 9.96. The largest absolute Gasteiger partial charge is 0.467 e. The molecule has 1 aromatic rings. The highest BCUT2D eigenvalue weighted by Crippen LogP contribution is 2.27. The third-order valence-electron chi connectivity index (χ3n) is 2.79. The minimum Gasteiger partial charge on any atom is -0.467 e. The monoisotopic (exact) mass is 270 g/mol. The molecule has 0 saturated carbocycles. The van der Waals surface area contributed by atoms with Crippen molar-refractivity contribution in [1.29, 1.82) is 0 Å². The number of aryl methyl sites for hydroxylation is 1. The molecule has 0 spiro atoms. The smallest absolute Gasteiger partial charge is 0.331 e. The number of hydrogen-bond acceptors (Lipinski definition) is 6. The number of rotatable bonds is 6. The van der Waals surface area contributed by atoms with Crippen LogP contribution in [0.5, 0.6) is 0 Å². The molecule has 1 unspecified atom stereocenters. The second kappa shape index (κ2) is 5.68. The van der Waals surface area contributed by atoms with Crippen LogP contribution in [-0.4, -0.2) is 33.3 Å². The molecule has 0 bridgehead atoms. The Hall–Kier alpha value is -2.12. The Bertz CT molecular complexity index is 485. The van der Waals surface area contributed by atoms with Gasteiger partial charge in [-0.05, 0) is 13.3 Å². The normalized spacial score (nSPS) is 13.7. The molecule has 1 N–H and O–H groups in total. The maximum Gasteiger partial charge on any atom is 0.331 e. The van der Waals surface area contributed by atoms with Crippen LogP contribution < -0.4 is 5.32 Å². The summed E-state index contributed by atoms with van der Waals surface area (Å²) in [5, 5.41) is 17.7. The average Bonchev–Trinajstić information content (AvgIpc) is 2.69. The number of anilines is 1. The summed E-state index contributed by atoms with van der Waals surface area (Å²) in [5.41, 5.74) is -1.21. The number of esters is 1. The molecule has 0 aliphatic carbocycles. The highest BCUT2D eigenvalue weighted by molar-refractivity contribution is 5.84. The second-order valence-electron chi connectivity index (χ2n) is 4.49. The summed E-state index contributed by atoms with van der Waals surface area (Å²) in [4.78, 5) is 22.2. The Kier molecular flexibility index (Phi) is 4.47. The summed E-state index contributed by atoms with van der Waals surface area (Å²) in [6, 6.07) is 0. The van der Waals surface area contributed by atoms with E-state index in [9.17, 15) is 14.9 Å². The zero-order valence-corrected chi connectivity index (χ0v) is 11.5. The van der Waals surface area contributed by atoms with E-state index in [-0.39, 0.29) is 11.5 Å². The van der Waals surface area contributed by atoms with Crippen LogP contribution in [0.4, 0.5) is 11.5 Å². The molecule has 1 atom stereocenters. The van der Waals surface area contributed by atoms with Crippen molar-refractivity contribution in [3.05, 3.63) is 16.3 Å². The van der Waals surface area contributed by atoms with Crippen molar-refractivity contribution in [2.24, 2.45) is 7.05 Å². The van der Waals surface area contributed by atoms with Crippen molar-refractivity contribution >= 4 is 17.5 Å². The van der Waals surface area contributed by atoms with E-state index in [4.69, 9.17) is 4.74 Å². The maximum atomic E-state index is 11.8. The summed E-state index contributed by atoms with van der Waals surface area (Å²) in [5.74, 6) is -0.414. The van der Waals surface area contributed by atoms with E-state index >= 15 is 0 Å². The molecule has 1 aromatic heterocycles. The van der Waals surface area contributed by atoms with Gasteiger partial charge in [-0.1, -0.05) is 13.3 Å². The van der Waals surface area contributed by atoms with E-state index in [0.29, 0.717) is 6.42 Å². The van der Waals surface area contributed by atoms with Crippen LogP contribution in [0.25, 0.3) is 0 Å². The van der Waals surface area contributed by atoms with Gasteiger partial charge in [0.05, 0.1) is 12.0 Å². The first-order valence-corrected chi connectivity index (χ1v) is 5.88. The van der Waals surface area contributed by atoms with Crippen molar-refractivity contribution in [2.45, 2.75) is 32.2 Å². The molecular weight excluding hydrogens is 252 g/mol. The Morgan fingerprint density at radius 1 is 1.68 bits per heavy atom. The highest BCUT2D eigenvalue weighted by Gasteiger charge is 2.36. The van der Waals surface area contributed by atoms with Crippen molar-refractivity contribution < 1.29 is 14.5 Å². The number of carbonyl (C=O) groups excluding carboxylic acids is 1. The van der Waals surface area contributed by atoms with Gasteiger partial charge >= 0.3 is 11.7 Å². The van der Waals surface area contributed by atoms with Crippen molar-refractivity contribution in [1.82, 2.24) is 9.78 Å². The Balaban J connectivity index is 3.09. The number of hydrogen-bond donors (Lipinski definition) is 1. The molecule has 106 valence electrons. The molecule has 0 aromatic carbocycles. The van der Waals surface area contributed by atoms with E-state index in [1.54, 1.807) is 14.0 Å². The Labute approximate surface area is 110 Å². The van der Waals surface area contributed by atoms with Gasteiger partial charge in [-0.3, -0.25) is 14.8 Å². The zero-order chi connectivity index (χ0) is 14.6. The number of aromatic nitrogens is 2.